The number of carbonyl (C=O) groups excluding carboxylic acids is 1. The van der Waals surface area contributed by atoms with Crippen LogP contribution in [0, 0.1) is 6.92 Å². The van der Waals surface area contributed by atoms with Crippen LogP contribution in [-0.2, 0) is 16.8 Å². The third-order valence-electron chi connectivity index (χ3n) is 4.14. The predicted octanol–water partition coefficient (Wildman–Crippen LogP) is 2.09. The Morgan fingerprint density at radius 2 is 2.00 bits per heavy atom. The lowest BCUT2D eigenvalue weighted by atomic mass is 9.96. The van der Waals surface area contributed by atoms with Crippen LogP contribution in [0.1, 0.15) is 43.0 Å². The zero-order valence-corrected chi connectivity index (χ0v) is 12.6. The zero-order valence-electron chi connectivity index (χ0n) is 12.6. The van der Waals surface area contributed by atoms with Gasteiger partial charge in [0.1, 0.15) is 5.54 Å². The summed E-state index contributed by atoms with van der Waals surface area (Å²) in [6.07, 6.45) is 4.11. The fourth-order valence-electron chi connectivity index (χ4n) is 3.01. The number of hydrogen-bond donors (Lipinski definition) is 2. The van der Waals surface area contributed by atoms with Crippen LogP contribution in [-0.4, -0.2) is 16.0 Å². The molecule has 0 saturated heterocycles. The molecule has 2 aromatic rings. The van der Waals surface area contributed by atoms with Gasteiger partial charge in [0.2, 0.25) is 11.8 Å². The second-order valence-corrected chi connectivity index (χ2v) is 5.89. The molecule has 1 fully saturated rings. The number of anilines is 1. The van der Waals surface area contributed by atoms with Gasteiger partial charge in [-0.3, -0.25) is 4.79 Å². The van der Waals surface area contributed by atoms with Crippen molar-refractivity contribution in [3.05, 3.63) is 41.5 Å². The minimum absolute atomic E-state index is 0.0332. The molecule has 1 aromatic carbocycles. The zero-order chi connectivity index (χ0) is 15.6. The van der Waals surface area contributed by atoms with Gasteiger partial charge in [0.15, 0.2) is 5.82 Å². The number of carbonyl (C=O) groups is 1. The van der Waals surface area contributed by atoms with Crippen LogP contribution in [0.3, 0.4) is 0 Å². The summed E-state index contributed by atoms with van der Waals surface area (Å²) in [6, 6.07) is 7.34. The molecular weight excluding hydrogens is 280 g/mol. The summed E-state index contributed by atoms with van der Waals surface area (Å²) in [7, 11) is 0. The summed E-state index contributed by atoms with van der Waals surface area (Å²) in [6.45, 7) is 1.76. The molecule has 1 aliphatic carbocycles. The van der Waals surface area contributed by atoms with Crippen LogP contribution < -0.4 is 11.1 Å². The molecule has 1 aliphatic rings. The Balaban J connectivity index is 1.74. The van der Waals surface area contributed by atoms with E-state index in [2.05, 4.69) is 15.5 Å². The van der Waals surface area contributed by atoms with E-state index in [-0.39, 0.29) is 5.91 Å². The lowest BCUT2D eigenvalue weighted by Gasteiger charge is -2.26. The Morgan fingerprint density at radius 1 is 1.32 bits per heavy atom. The van der Waals surface area contributed by atoms with Gasteiger partial charge in [-0.2, -0.15) is 4.98 Å². The van der Waals surface area contributed by atoms with Crippen LogP contribution in [0.25, 0.3) is 0 Å². The van der Waals surface area contributed by atoms with E-state index in [9.17, 15) is 4.79 Å². The summed E-state index contributed by atoms with van der Waals surface area (Å²) in [5, 5.41) is 7.15. The normalized spacial score (nSPS) is 16.6. The number of nitrogens with one attached hydrogen (secondary N) is 1. The fraction of sp³-hybridized carbons (Fsp3) is 0.438. The van der Waals surface area contributed by atoms with Gasteiger partial charge in [-0.15, -0.1) is 0 Å². The molecule has 1 heterocycles. The van der Waals surface area contributed by atoms with Gasteiger partial charge in [0, 0.05) is 12.6 Å². The van der Waals surface area contributed by atoms with Crippen molar-refractivity contribution >= 4 is 11.6 Å². The molecule has 3 rings (SSSR count). The van der Waals surface area contributed by atoms with Gasteiger partial charge in [-0.1, -0.05) is 30.1 Å². The largest absolute Gasteiger partial charge is 0.399 e. The monoisotopic (exact) mass is 300 g/mol. The Morgan fingerprint density at radius 3 is 2.59 bits per heavy atom. The number of rotatable bonds is 4. The quantitative estimate of drug-likeness (QED) is 0.843. The standard InChI is InChI=1S/C16H20N4O2/c1-11-18-15(20-22-11)16(8-2-3-9-16)19-14(21)10-12-4-6-13(17)7-5-12/h4-7H,2-3,8-10,17H2,1H3,(H,19,21). The highest BCUT2D eigenvalue weighted by molar-refractivity contribution is 5.79. The Hall–Kier alpha value is -2.37. The molecule has 1 aromatic heterocycles. The van der Waals surface area contributed by atoms with Crippen LogP contribution in [0.5, 0.6) is 0 Å². The topological polar surface area (TPSA) is 94.0 Å². The van der Waals surface area contributed by atoms with Gasteiger partial charge in [-0.05, 0) is 30.5 Å². The molecule has 0 spiro atoms. The highest BCUT2D eigenvalue weighted by Crippen LogP contribution is 2.37. The first kappa shape index (κ1) is 14.6. The van der Waals surface area contributed by atoms with Gasteiger partial charge < -0.3 is 15.6 Å². The van der Waals surface area contributed by atoms with E-state index >= 15 is 0 Å². The van der Waals surface area contributed by atoms with Crippen molar-refractivity contribution in [1.82, 2.24) is 15.5 Å². The van der Waals surface area contributed by atoms with Gasteiger partial charge >= 0.3 is 0 Å². The molecule has 6 nitrogen and oxygen atoms in total. The maximum absolute atomic E-state index is 12.4. The molecule has 22 heavy (non-hydrogen) atoms. The minimum atomic E-state index is -0.483. The Labute approximate surface area is 129 Å². The number of hydrogen-bond acceptors (Lipinski definition) is 5. The highest BCUT2D eigenvalue weighted by atomic mass is 16.5. The molecule has 3 N–H and O–H groups in total. The Kier molecular flexibility index (Phi) is 3.83. The number of nitrogens with zero attached hydrogens (tertiary/aromatic N) is 2. The first-order valence-corrected chi connectivity index (χ1v) is 7.54. The maximum atomic E-state index is 12.4. The van der Waals surface area contributed by atoms with Crippen molar-refractivity contribution in [3.8, 4) is 0 Å². The minimum Gasteiger partial charge on any atom is -0.399 e. The third-order valence-corrected chi connectivity index (χ3v) is 4.14. The van der Waals surface area contributed by atoms with E-state index < -0.39 is 5.54 Å². The summed E-state index contributed by atoms with van der Waals surface area (Å²) >= 11 is 0. The number of nitrogen functional groups attached to an aromatic ring is 1. The van der Waals surface area contributed by atoms with E-state index in [4.69, 9.17) is 10.3 Å². The predicted molar refractivity (Wildman–Crippen MR) is 81.9 cm³/mol. The summed E-state index contributed by atoms with van der Waals surface area (Å²) in [4.78, 5) is 16.7. The molecule has 0 radical (unpaired) electrons. The van der Waals surface area contributed by atoms with Crippen LogP contribution in [0.2, 0.25) is 0 Å². The van der Waals surface area contributed by atoms with Crippen molar-refractivity contribution in [2.45, 2.75) is 44.6 Å². The number of benzene rings is 1. The van der Waals surface area contributed by atoms with Crippen molar-refractivity contribution < 1.29 is 9.32 Å². The maximum Gasteiger partial charge on any atom is 0.225 e. The lowest BCUT2D eigenvalue weighted by molar-refractivity contribution is -0.122. The molecular formula is C16H20N4O2. The second kappa shape index (κ2) is 5.79. The molecule has 1 amide bonds. The molecule has 0 bridgehead atoms. The summed E-state index contributed by atoms with van der Waals surface area (Å²) in [5.74, 6) is 1.08. The van der Waals surface area contributed by atoms with Crippen molar-refractivity contribution in [3.63, 3.8) is 0 Å². The van der Waals surface area contributed by atoms with Crippen LogP contribution in [0.15, 0.2) is 28.8 Å². The SMILES string of the molecule is Cc1nc(C2(NC(=O)Cc3ccc(N)cc3)CCCC2)no1. The van der Waals surface area contributed by atoms with E-state index in [1.54, 1.807) is 19.1 Å². The molecule has 0 atom stereocenters. The average molecular weight is 300 g/mol. The van der Waals surface area contributed by atoms with Crippen molar-refractivity contribution in [2.75, 3.05) is 5.73 Å². The summed E-state index contributed by atoms with van der Waals surface area (Å²) < 4.78 is 5.09. The lowest BCUT2D eigenvalue weighted by Crippen LogP contribution is -2.45. The number of aryl methyl sites for hydroxylation is 1. The first-order chi connectivity index (χ1) is 10.6. The number of nitrogens with two attached hydrogens (primary N) is 1. The molecule has 6 heteroatoms. The number of amides is 1. The molecule has 0 aliphatic heterocycles. The van der Waals surface area contributed by atoms with E-state index in [0.717, 1.165) is 31.2 Å². The smallest absolute Gasteiger partial charge is 0.225 e. The van der Waals surface area contributed by atoms with Crippen molar-refractivity contribution in [1.29, 1.82) is 0 Å². The Bertz CT molecular complexity index is 657. The third kappa shape index (κ3) is 2.95. The fourth-order valence-corrected chi connectivity index (χ4v) is 3.01. The van der Waals surface area contributed by atoms with Crippen LogP contribution >= 0.6 is 0 Å². The first-order valence-electron chi connectivity index (χ1n) is 7.54. The average Bonchev–Trinajstić information content (AvgIpc) is 3.11. The van der Waals surface area contributed by atoms with Gasteiger partial charge in [-0.25, -0.2) is 0 Å². The molecule has 116 valence electrons. The van der Waals surface area contributed by atoms with Crippen molar-refractivity contribution in [2.24, 2.45) is 0 Å². The van der Waals surface area contributed by atoms with E-state index in [0.29, 0.717) is 23.8 Å². The summed E-state index contributed by atoms with van der Waals surface area (Å²) in [5.41, 5.74) is 6.81. The molecule has 1 saturated carbocycles. The van der Waals surface area contributed by atoms with Gasteiger partial charge in [0.25, 0.3) is 0 Å². The van der Waals surface area contributed by atoms with Crippen LogP contribution in [0.4, 0.5) is 5.69 Å². The van der Waals surface area contributed by atoms with E-state index in [1.165, 1.54) is 0 Å². The second-order valence-electron chi connectivity index (χ2n) is 5.89. The van der Waals surface area contributed by atoms with E-state index in [1.807, 2.05) is 12.1 Å². The number of aromatic nitrogens is 2. The van der Waals surface area contributed by atoms with Gasteiger partial charge in [0.05, 0.1) is 6.42 Å². The molecule has 0 unspecified atom stereocenters. The highest BCUT2D eigenvalue weighted by Gasteiger charge is 2.41.